The van der Waals surface area contributed by atoms with Gasteiger partial charge in [-0.3, -0.25) is 4.79 Å². The molecule has 0 saturated carbocycles. The van der Waals surface area contributed by atoms with Gasteiger partial charge in [0.1, 0.15) is 0 Å². The molecule has 0 aliphatic rings. The van der Waals surface area contributed by atoms with Crippen LogP contribution in [0.2, 0.25) is 10.0 Å². The van der Waals surface area contributed by atoms with Crippen LogP contribution < -0.4 is 0 Å². The van der Waals surface area contributed by atoms with Crippen LogP contribution in [0.4, 0.5) is 0 Å². The van der Waals surface area contributed by atoms with Crippen molar-refractivity contribution in [2.45, 2.75) is 0 Å². The lowest BCUT2D eigenvalue weighted by molar-refractivity contribution is 0.103. The molecule has 0 saturated heterocycles. The maximum absolute atomic E-state index is 13.8. The zero-order valence-electron chi connectivity index (χ0n) is 17.3. The second-order valence-electron chi connectivity index (χ2n) is 7.24. The van der Waals surface area contributed by atoms with Gasteiger partial charge in [-0.25, -0.2) is 0 Å². The first-order valence-electron chi connectivity index (χ1n) is 10.1. The van der Waals surface area contributed by atoms with Gasteiger partial charge in [0.15, 0.2) is 5.78 Å². The first-order chi connectivity index (χ1) is 15.6. The van der Waals surface area contributed by atoms with E-state index in [9.17, 15) is 4.79 Å². The van der Waals surface area contributed by atoms with Gasteiger partial charge in [-0.2, -0.15) is 0 Å². The Kier molecular flexibility index (Phi) is 6.41. The number of rotatable bonds is 6. The normalized spacial score (nSPS) is 10.6. The van der Waals surface area contributed by atoms with Crippen molar-refractivity contribution >= 4 is 41.1 Å². The fourth-order valence-electron chi connectivity index (χ4n) is 3.95. The van der Waals surface area contributed by atoms with E-state index in [0.717, 1.165) is 22.3 Å². The topological polar surface area (TPSA) is 17.1 Å². The van der Waals surface area contributed by atoms with Crippen LogP contribution in [0.1, 0.15) is 27.0 Å². The highest BCUT2D eigenvalue weighted by Crippen LogP contribution is 2.38. The van der Waals surface area contributed by atoms with E-state index in [2.05, 4.69) is 13.2 Å². The lowest BCUT2D eigenvalue weighted by atomic mass is 9.87. The number of hydrogen-bond donors (Lipinski definition) is 0. The highest BCUT2D eigenvalue weighted by atomic mass is 35.5. The van der Waals surface area contributed by atoms with Crippen molar-refractivity contribution in [2.24, 2.45) is 0 Å². The molecule has 0 spiro atoms. The summed E-state index contributed by atoms with van der Waals surface area (Å²) >= 11 is 13.1. The van der Waals surface area contributed by atoms with Crippen molar-refractivity contribution in [1.29, 1.82) is 0 Å². The monoisotopic (exact) mass is 454 g/mol. The van der Waals surface area contributed by atoms with Crippen LogP contribution in [0.3, 0.4) is 0 Å². The average molecular weight is 455 g/mol. The van der Waals surface area contributed by atoms with Gasteiger partial charge in [0.25, 0.3) is 0 Å². The summed E-state index contributed by atoms with van der Waals surface area (Å²) in [5, 5.41) is 1.13. The average Bonchev–Trinajstić information content (AvgIpc) is 2.84. The van der Waals surface area contributed by atoms with E-state index in [0.29, 0.717) is 32.3 Å². The summed E-state index contributed by atoms with van der Waals surface area (Å²) in [4.78, 5) is 13.8. The van der Waals surface area contributed by atoms with Crippen molar-refractivity contribution in [3.63, 3.8) is 0 Å². The number of ketones is 1. The van der Waals surface area contributed by atoms with E-state index >= 15 is 0 Å². The van der Waals surface area contributed by atoms with Gasteiger partial charge in [0.2, 0.25) is 0 Å². The van der Waals surface area contributed by atoms with Crippen LogP contribution in [0.25, 0.3) is 34.4 Å². The van der Waals surface area contributed by atoms with Gasteiger partial charge in [-0.1, -0.05) is 109 Å². The van der Waals surface area contributed by atoms with Gasteiger partial charge in [-0.15, -0.1) is 0 Å². The third kappa shape index (κ3) is 3.93. The Balaban J connectivity index is 1.94. The molecule has 0 fully saturated rings. The van der Waals surface area contributed by atoms with Crippen molar-refractivity contribution < 1.29 is 4.79 Å². The molecule has 0 N–H and O–H groups in total. The minimum absolute atomic E-state index is 0.141. The fraction of sp³-hybridized carbons (Fsp3) is 0. The van der Waals surface area contributed by atoms with Crippen molar-refractivity contribution in [3.05, 3.63) is 130 Å². The molecule has 0 atom stereocenters. The van der Waals surface area contributed by atoms with Crippen LogP contribution in [-0.4, -0.2) is 5.78 Å². The molecule has 0 aromatic heterocycles. The Morgan fingerprint density at radius 1 is 0.594 bits per heavy atom. The Morgan fingerprint density at radius 2 is 0.969 bits per heavy atom. The largest absolute Gasteiger partial charge is 0.289 e. The molecule has 1 nitrogen and oxygen atoms in total. The summed E-state index contributed by atoms with van der Waals surface area (Å²) in [7, 11) is 0. The maximum atomic E-state index is 13.8. The van der Waals surface area contributed by atoms with E-state index < -0.39 is 0 Å². The third-order valence-electron chi connectivity index (χ3n) is 5.41. The second-order valence-corrected chi connectivity index (χ2v) is 8.05. The molecular formula is C29H20Cl2O. The molecule has 0 bridgehead atoms. The summed E-state index contributed by atoms with van der Waals surface area (Å²) in [5.41, 5.74) is 5.84. The van der Waals surface area contributed by atoms with Crippen LogP contribution in [-0.2, 0) is 0 Å². The Morgan fingerprint density at radius 3 is 1.31 bits per heavy atom. The Bertz CT molecular complexity index is 1220. The molecule has 0 aliphatic heterocycles. The Labute approximate surface area is 198 Å². The SMILES string of the molecule is C=Cc1c(C(=O)c2ccc(Cl)c(-c3ccccc3)c2C=C)ccc(Cl)c1-c1ccccc1. The molecule has 3 heteroatoms. The summed E-state index contributed by atoms with van der Waals surface area (Å²) < 4.78 is 0. The first kappa shape index (κ1) is 21.8. The number of carbonyl (C=O) groups excluding carboxylic acids is 1. The molecule has 32 heavy (non-hydrogen) atoms. The molecule has 0 amide bonds. The first-order valence-corrected chi connectivity index (χ1v) is 10.9. The van der Waals surface area contributed by atoms with Crippen molar-refractivity contribution in [2.75, 3.05) is 0 Å². The van der Waals surface area contributed by atoms with Gasteiger partial charge < -0.3 is 0 Å². The number of carbonyl (C=O) groups is 1. The zero-order chi connectivity index (χ0) is 22.7. The van der Waals surface area contributed by atoms with E-state index in [-0.39, 0.29) is 5.78 Å². The highest BCUT2D eigenvalue weighted by molar-refractivity contribution is 6.35. The van der Waals surface area contributed by atoms with Gasteiger partial charge in [-0.05, 0) is 46.5 Å². The van der Waals surface area contributed by atoms with Crippen molar-refractivity contribution in [1.82, 2.24) is 0 Å². The third-order valence-corrected chi connectivity index (χ3v) is 6.04. The minimum atomic E-state index is -0.141. The molecule has 156 valence electrons. The molecule has 4 rings (SSSR count). The van der Waals surface area contributed by atoms with E-state index in [1.54, 1.807) is 36.4 Å². The van der Waals surface area contributed by atoms with Gasteiger partial charge >= 0.3 is 0 Å². The number of benzene rings is 4. The molecule has 4 aromatic rings. The summed E-state index contributed by atoms with van der Waals surface area (Å²) in [5.74, 6) is -0.141. The standard InChI is InChI=1S/C29H20Cl2O/c1-3-21-23(15-17-25(30)27(21)19-11-7-5-8-12-19)29(32)24-16-18-26(31)28(22(24)4-2)20-13-9-6-10-14-20/h3-18H,1-2H2. The number of halogens is 2. The Hall–Kier alpha value is -3.39. The summed E-state index contributed by atoms with van der Waals surface area (Å²) in [6.45, 7) is 7.93. The lowest BCUT2D eigenvalue weighted by Gasteiger charge is -2.17. The van der Waals surface area contributed by atoms with Gasteiger partial charge in [0.05, 0.1) is 0 Å². The predicted octanol–water partition coefficient (Wildman–Crippen LogP) is 8.84. The lowest BCUT2D eigenvalue weighted by Crippen LogP contribution is -2.08. The van der Waals surface area contributed by atoms with Crippen LogP contribution in [0.15, 0.2) is 98.1 Å². The molecule has 0 radical (unpaired) electrons. The van der Waals surface area contributed by atoms with E-state index in [1.807, 2.05) is 60.7 Å². The van der Waals surface area contributed by atoms with Crippen molar-refractivity contribution in [3.8, 4) is 22.3 Å². The van der Waals surface area contributed by atoms with E-state index in [4.69, 9.17) is 23.2 Å². The fourth-order valence-corrected chi connectivity index (χ4v) is 4.50. The molecule has 0 heterocycles. The smallest absolute Gasteiger partial charge is 0.194 e. The molecule has 4 aromatic carbocycles. The molecule has 0 unspecified atom stereocenters. The van der Waals surface area contributed by atoms with Gasteiger partial charge in [0, 0.05) is 32.3 Å². The quantitative estimate of drug-likeness (QED) is 0.266. The summed E-state index contributed by atoms with van der Waals surface area (Å²) in [6, 6.07) is 26.5. The van der Waals surface area contributed by atoms with E-state index in [1.165, 1.54) is 0 Å². The van der Waals surface area contributed by atoms with Crippen LogP contribution >= 0.6 is 23.2 Å². The predicted molar refractivity (Wildman–Crippen MR) is 137 cm³/mol. The maximum Gasteiger partial charge on any atom is 0.194 e. The number of hydrogen-bond acceptors (Lipinski definition) is 1. The molecule has 0 aliphatic carbocycles. The molecular weight excluding hydrogens is 435 g/mol. The highest BCUT2D eigenvalue weighted by Gasteiger charge is 2.22. The minimum Gasteiger partial charge on any atom is -0.289 e. The zero-order valence-corrected chi connectivity index (χ0v) is 18.8. The second kappa shape index (κ2) is 9.40. The summed E-state index contributed by atoms with van der Waals surface area (Å²) in [6.07, 6.45) is 3.37. The van der Waals surface area contributed by atoms with Crippen LogP contribution in [0.5, 0.6) is 0 Å². The van der Waals surface area contributed by atoms with Crippen LogP contribution in [0, 0.1) is 0 Å².